The Morgan fingerprint density at radius 3 is 2.56 bits per heavy atom. The van der Waals surface area contributed by atoms with Crippen molar-refractivity contribution in [1.29, 1.82) is 0 Å². The quantitative estimate of drug-likeness (QED) is 0.794. The van der Waals surface area contributed by atoms with Crippen LogP contribution in [0.4, 0.5) is 4.39 Å². The number of ether oxygens (including phenoxy) is 1. The van der Waals surface area contributed by atoms with Gasteiger partial charge in [-0.3, -0.25) is 9.69 Å². The first-order chi connectivity index (χ1) is 7.63. The minimum Gasteiger partial charge on any atom is -0.481 e. The van der Waals surface area contributed by atoms with E-state index in [1.54, 1.807) is 0 Å². The van der Waals surface area contributed by atoms with E-state index in [0.717, 1.165) is 6.42 Å². The molecule has 2 aliphatic heterocycles. The fourth-order valence-corrected chi connectivity index (χ4v) is 2.59. The summed E-state index contributed by atoms with van der Waals surface area (Å²) >= 11 is 0. The number of piperidine rings is 1. The van der Waals surface area contributed by atoms with Crippen LogP contribution in [0, 0.1) is 5.92 Å². The number of hydrogen-bond acceptors (Lipinski definition) is 3. The van der Waals surface area contributed by atoms with E-state index in [-0.39, 0.29) is 18.1 Å². The number of carbonyl (C=O) groups is 1. The molecule has 2 rings (SSSR count). The number of nitrogens with zero attached hydrogens (tertiary/aromatic N) is 1. The van der Waals surface area contributed by atoms with Gasteiger partial charge < -0.3 is 9.84 Å². The Morgan fingerprint density at radius 1 is 1.50 bits per heavy atom. The van der Waals surface area contributed by atoms with E-state index in [9.17, 15) is 9.18 Å². The van der Waals surface area contributed by atoms with Gasteiger partial charge in [0.05, 0.1) is 18.1 Å². The second-order valence-corrected chi connectivity index (χ2v) is 4.57. The van der Waals surface area contributed by atoms with E-state index in [1.807, 2.05) is 11.8 Å². The van der Waals surface area contributed by atoms with Crippen LogP contribution in [0.25, 0.3) is 0 Å². The van der Waals surface area contributed by atoms with Gasteiger partial charge in [-0.2, -0.15) is 0 Å². The van der Waals surface area contributed by atoms with Crippen LogP contribution in [-0.2, 0) is 9.53 Å². The molecule has 5 heteroatoms. The van der Waals surface area contributed by atoms with Crippen LogP contribution in [0.15, 0.2) is 0 Å². The normalized spacial score (nSPS) is 37.0. The number of rotatable bonds is 3. The zero-order chi connectivity index (χ0) is 11.7. The minimum atomic E-state index is -1.19. The number of carboxylic acid groups (broad SMARTS) is 1. The zero-order valence-electron chi connectivity index (χ0n) is 9.43. The molecule has 2 fully saturated rings. The molecule has 0 saturated carbocycles. The molecule has 0 amide bonds. The maximum Gasteiger partial charge on any atom is 0.306 e. The summed E-state index contributed by atoms with van der Waals surface area (Å²) in [5.74, 6) is -0.983. The lowest BCUT2D eigenvalue weighted by Gasteiger charge is -2.48. The molecule has 0 bridgehead atoms. The molecular weight excluding hydrogens is 213 g/mol. The van der Waals surface area contributed by atoms with Crippen molar-refractivity contribution in [1.82, 2.24) is 4.90 Å². The lowest BCUT2D eigenvalue weighted by atomic mass is 9.93. The summed E-state index contributed by atoms with van der Waals surface area (Å²) in [5.41, 5.74) is 0. The van der Waals surface area contributed by atoms with Gasteiger partial charge in [-0.25, -0.2) is 4.39 Å². The van der Waals surface area contributed by atoms with Crippen molar-refractivity contribution < 1.29 is 19.0 Å². The average Bonchev–Trinajstić information content (AvgIpc) is 2.26. The first-order valence-electron chi connectivity index (χ1n) is 5.90. The predicted molar refractivity (Wildman–Crippen MR) is 55.8 cm³/mol. The van der Waals surface area contributed by atoms with Gasteiger partial charge >= 0.3 is 5.97 Å². The molecule has 0 aliphatic carbocycles. The Morgan fingerprint density at radius 2 is 2.12 bits per heavy atom. The Bertz CT molecular complexity index is 266. The standard InChI is InChI=1S/C11H18FNO3/c1-2-8-9(10(12)16-8)13-5-3-7(4-6-13)11(14)15/h7-10H,2-6H2,1H3,(H,14,15). The van der Waals surface area contributed by atoms with Crippen molar-refractivity contribution in [2.75, 3.05) is 13.1 Å². The summed E-state index contributed by atoms with van der Waals surface area (Å²) in [4.78, 5) is 12.8. The van der Waals surface area contributed by atoms with E-state index < -0.39 is 12.3 Å². The molecule has 16 heavy (non-hydrogen) atoms. The third-order valence-electron chi connectivity index (χ3n) is 3.66. The summed E-state index contributed by atoms with van der Waals surface area (Å²) in [6.07, 6.45) is 0.844. The molecule has 0 spiro atoms. The molecule has 2 heterocycles. The summed E-state index contributed by atoms with van der Waals surface area (Å²) in [6, 6.07) is -0.153. The number of halogens is 1. The van der Waals surface area contributed by atoms with Crippen LogP contribution in [0.1, 0.15) is 26.2 Å². The van der Waals surface area contributed by atoms with Gasteiger partial charge in [-0.1, -0.05) is 6.92 Å². The van der Waals surface area contributed by atoms with Crippen molar-refractivity contribution in [2.24, 2.45) is 5.92 Å². The fourth-order valence-electron chi connectivity index (χ4n) is 2.59. The molecule has 3 atom stereocenters. The molecule has 92 valence electrons. The molecule has 2 aliphatic rings. The largest absolute Gasteiger partial charge is 0.481 e. The maximum atomic E-state index is 13.3. The van der Waals surface area contributed by atoms with Gasteiger partial charge in [0.15, 0.2) is 0 Å². The van der Waals surface area contributed by atoms with Crippen molar-refractivity contribution in [3.63, 3.8) is 0 Å². The molecular formula is C11H18FNO3. The van der Waals surface area contributed by atoms with Crippen LogP contribution < -0.4 is 0 Å². The number of likely N-dealkylation sites (tertiary alicyclic amines) is 1. The second-order valence-electron chi connectivity index (χ2n) is 4.57. The molecule has 0 aromatic carbocycles. The predicted octanol–water partition coefficient (Wildman–Crippen LogP) is 1.26. The van der Waals surface area contributed by atoms with Gasteiger partial charge in [-0.05, 0) is 32.4 Å². The highest BCUT2D eigenvalue weighted by atomic mass is 19.1. The van der Waals surface area contributed by atoms with E-state index in [1.165, 1.54) is 0 Å². The van der Waals surface area contributed by atoms with Crippen molar-refractivity contribution >= 4 is 5.97 Å². The van der Waals surface area contributed by atoms with Crippen LogP contribution >= 0.6 is 0 Å². The van der Waals surface area contributed by atoms with E-state index in [0.29, 0.717) is 25.9 Å². The van der Waals surface area contributed by atoms with Crippen LogP contribution in [0.2, 0.25) is 0 Å². The van der Waals surface area contributed by atoms with E-state index in [2.05, 4.69) is 0 Å². The minimum absolute atomic E-state index is 0.0172. The molecule has 3 unspecified atom stereocenters. The van der Waals surface area contributed by atoms with Gasteiger partial charge in [0, 0.05) is 0 Å². The first kappa shape index (κ1) is 11.8. The number of aliphatic carboxylic acids is 1. The van der Waals surface area contributed by atoms with Gasteiger partial charge in [0.1, 0.15) is 0 Å². The highest BCUT2D eigenvalue weighted by Gasteiger charge is 2.46. The van der Waals surface area contributed by atoms with Crippen LogP contribution in [-0.4, -0.2) is 47.6 Å². The Hall–Kier alpha value is -0.680. The van der Waals surface area contributed by atoms with Crippen molar-refractivity contribution in [3.8, 4) is 0 Å². The molecule has 2 saturated heterocycles. The number of alkyl halides is 1. The highest BCUT2D eigenvalue weighted by Crippen LogP contribution is 2.32. The van der Waals surface area contributed by atoms with Gasteiger partial charge in [-0.15, -0.1) is 0 Å². The van der Waals surface area contributed by atoms with Gasteiger partial charge in [0.25, 0.3) is 0 Å². The fraction of sp³-hybridized carbons (Fsp3) is 0.909. The Balaban J connectivity index is 1.86. The second kappa shape index (κ2) is 4.67. The third kappa shape index (κ3) is 2.06. The number of carboxylic acids is 1. The summed E-state index contributed by atoms with van der Waals surface area (Å²) in [6.45, 7) is 3.32. The van der Waals surface area contributed by atoms with Crippen molar-refractivity contribution in [2.45, 2.75) is 44.7 Å². The van der Waals surface area contributed by atoms with E-state index >= 15 is 0 Å². The topological polar surface area (TPSA) is 49.8 Å². The summed E-state index contributed by atoms with van der Waals surface area (Å²) in [7, 11) is 0. The lowest BCUT2D eigenvalue weighted by Crippen LogP contribution is -2.62. The molecule has 0 aromatic rings. The SMILES string of the molecule is CCC1OC(F)C1N1CCC(C(=O)O)CC1. The molecule has 0 radical (unpaired) electrons. The van der Waals surface area contributed by atoms with Crippen molar-refractivity contribution in [3.05, 3.63) is 0 Å². The van der Waals surface area contributed by atoms with E-state index in [4.69, 9.17) is 9.84 Å². The first-order valence-corrected chi connectivity index (χ1v) is 5.90. The average molecular weight is 231 g/mol. The Kier molecular flexibility index (Phi) is 3.44. The van der Waals surface area contributed by atoms with Crippen LogP contribution in [0.5, 0.6) is 0 Å². The van der Waals surface area contributed by atoms with Gasteiger partial charge in [0.2, 0.25) is 6.36 Å². The summed E-state index contributed by atoms with van der Waals surface area (Å²) < 4.78 is 18.3. The maximum absolute atomic E-state index is 13.3. The third-order valence-corrected chi connectivity index (χ3v) is 3.66. The molecule has 4 nitrogen and oxygen atoms in total. The smallest absolute Gasteiger partial charge is 0.306 e. The summed E-state index contributed by atoms with van der Waals surface area (Å²) in [5, 5.41) is 8.87. The Labute approximate surface area is 94.4 Å². The zero-order valence-corrected chi connectivity index (χ0v) is 9.43. The molecule has 0 aromatic heterocycles. The number of hydrogen-bond donors (Lipinski definition) is 1. The monoisotopic (exact) mass is 231 g/mol. The lowest BCUT2D eigenvalue weighted by molar-refractivity contribution is -0.253. The molecule has 1 N–H and O–H groups in total. The highest BCUT2D eigenvalue weighted by molar-refractivity contribution is 5.70. The van der Waals surface area contributed by atoms with Crippen LogP contribution in [0.3, 0.4) is 0 Å².